The van der Waals surface area contributed by atoms with Gasteiger partial charge in [-0.05, 0) is 60.8 Å². The summed E-state index contributed by atoms with van der Waals surface area (Å²) in [4.78, 5) is 31.2. The van der Waals surface area contributed by atoms with Gasteiger partial charge in [0.15, 0.2) is 0 Å². The molecule has 3 aromatic rings. The lowest BCUT2D eigenvalue weighted by Crippen LogP contribution is -2.49. The SMILES string of the molecule is COc1ccc(Oc2ccc(N(C)C(=O)C3(NC(=O)c4ccns4)CC3)nc2)c(C(F)(F)F)c1. The molecule has 0 spiro atoms. The molecule has 0 saturated heterocycles. The Kier molecular flexibility index (Phi) is 6.17. The predicted octanol–water partition coefficient (Wildman–Crippen LogP) is 4.28. The summed E-state index contributed by atoms with van der Waals surface area (Å²) in [5, 5.41) is 2.76. The third-order valence-electron chi connectivity index (χ3n) is 5.26. The number of carbonyl (C=O) groups is 2. The Morgan fingerprint density at radius 1 is 1.15 bits per heavy atom. The number of carbonyl (C=O) groups excluding carboxylic acids is 2. The van der Waals surface area contributed by atoms with E-state index in [0.29, 0.717) is 17.7 Å². The van der Waals surface area contributed by atoms with Crippen LogP contribution < -0.4 is 19.7 Å². The number of halogens is 3. The molecule has 0 atom stereocenters. The highest BCUT2D eigenvalue weighted by atomic mass is 32.1. The van der Waals surface area contributed by atoms with Crippen molar-refractivity contribution >= 4 is 29.2 Å². The highest BCUT2D eigenvalue weighted by Crippen LogP contribution is 2.41. The fourth-order valence-electron chi connectivity index (χ4n) is 3.26. The summed E-state index contributed by atoms with van der Waals surface area (Å²) in [7, 11) is 2.78. The van der Waals surface area contributed by atoms with Gasteiger partial charge in [0.2, 0.25) is 0 Å². The number of nitrogens with one attached hydrogen (secondary N) is 1. The number of methoxy groups -OCH3 is 1. The zero-order chi connectivity index (χ0) is 24.5. The number of ether oxygens (including phenoxy) is 2. The van der Waals surface area contributed by atoms with Gasteiger partial charge >= 0.3 is 6.18 Å². The average Bonchev–Trinajstić information content (AvgIpc) is 3.38. The average molecular weight is 492 g/mol. The molecule has 178 valence electrons. The van der Waals surface area contributed by atoms with Crippen LogP contribution in [0.3, 0.4) is 0 Å². The molecule has 0 bridgehead atoms. The fourth-order valence-corrected chi connectivity index (χ4v) is 3.75. The zero-order valence-electron chi connectivity index (χ0n) is 18.0. The fraction of sp³-hybridized carbons (Fsp3) is 0.273. The van der Waals surface area contributed by atoms with Gasteiger partial charge in [-0.3, -0.25) is 14.5 Å². The molecular formula is C22H19F3N4O4S. The molecule has 0 aliphatic heterocycles. The van der Waals surface area contributed by atoms with Crippen LogP contribution in [0.4, 0.5) is 19.0 Å². The van der Waals surface area contributed by atoms with Crippen molar-refractivity contribution in [2.24, 2.45) is 0 Å². The Labute approximate surface area is 196 Å². The van der Waals surface area contributed by atoms with Gasteiger partial charge in [0.05, 0.1) is 13.3 Å². The van der Waals surface area contributed by atoms with Gasteiger partial charge in [0.1, 0.15) is 39.0 Å². The molecule has 2 heterocycles. The first-order valence-corrected chi connectivity index (χ1v) is 10.8. The van der Waals surface area contributed by atoms with Gasteiger partial charge in [-0.15, -0.1) is 0 Å². The molecule has 1 saturated carbocycles. The van der Waals surface area contributed by atoms with E-state index in [0.717, 1.165) is 23.7 Å². The number of hydrogen-bond acceptors (Lipinski definition) is 7. The van der Waals surface area contributed by atoms with Crippen molar-refractivity contribution in [3.8, 4) is 17.2 Å². The second kappa shape index (κ2) is 8.93. The second-order valence-corrected chi connectivity index (χ2v) is 8.42. The summed E-state index contributed by atoms with van der Waals surface area (Å²) < 4.78 is 54.3. The highest BCUT2D eigenvalue weighted by Gasteiger charge is 2.53. The first kappa shape index (κ1) is 23.5. The number of alkyl halides is 3. The summed E-state index contributed by atoms with van der Waals surface area (Å²) in [5.74, 6) is -0.777. The van der Waals surface area contributed by atoms with Gasteiger partial charge in [-0.2, -0.15) is 13.2 Å². The highest BCUT2D eigenvalue weighted by molar-refractivity contribution is 7.08. The number of hydrogen-bond donors (Lipinski definition) is 1. The van der Waals surface area contributed by atoms with Gasteiger partial charge in [-0.1, -0.05) is 0 Å². The smallest absolute Gasteiger partial charge is 0.420 e. The molecule has 1 N–H and O–H groups in total. The summed E-state index contributed by atoms with van der Waals surface area (Å²) in [6, 6.07) is 7.79. The number of amides is 2. The number of anilines is 1. The molecular weight excluding hydrogens is 473 g/mol. The van der Waals surface area contributed by atoms with Crippen LogP contribution in [0.5, 0.6) is 17.2 Å². The first-order valence-electron chi connectivity index (χ1n) is 10.0. The van der Waals surface area contributed by atoms with Crippen LogP contribution in [-0.4, -0.2) is 40.9 Å². The van der Waals surface area contributed by atoms with Crippen LogP contribution in [0.25, 0.3) is 0 Å². The van der Waals surface area contributed by atoms with Crippen molar-refractivity contribution in [3.05, 3.63) is 59.2 Å². The molecule has 4 rings (SSSR count). The molecule has 2 amide bonds. The maximum absolute atomic E-state index is 13.4. The molecule has 34 heavy (non-hydrogen) atoms. The maximum atomic E-state index is 13.4. The van der Waals surface area contributed by atoms with Crippen molar-refractivity contribution < 1.29 is 32.2 Å². The summed E-state index contributed by atoms with van der Waals surface area (Å²) in [6.45, 7) is 0. The second-order valence-electron chi connectivity index (χ2n) is 7.59. The van der Waals surface area contributed by atoms with Crippen LogP contribution in [-0.2, 0) is 11.0 Å². The van der Waals surface area contributed by atoms with Crippen molar-refractivity contribution in [2.45, 2.75) is 24.6 Å². The molecule has 1 aliphatic rings. The zero-order valence-corrected chi connectivity index (χ0v) is 18.9. The monoisotopic (exact) mass is 492 g/mol. The van der Waals surface area contributed by atoms with Gasteiger partial charge in [0, 0.05) is 13.2 Å². The van der Waals surface area contributed by atoms with Crippen LogP contribution in [0.1, 0.15) is 28.1 Å². The number of pyridine rings is 1. The lowest BCUT2D eigenvalue weighted by Gasteiger charge is -2.23. The quantitative estimate of drug-likeness (QED) is 0.529. The lowest BCUT2D eigenvalue weighted by molar-refractivity contribution is -0.138. The molecule has 8 nitrogen and oxygen atoms in total. The van der Waals surface area contributed by atoms with E-state index in [1.165, 1.54) is 49.7 Å². The molecule has 1 aliphatic carbocycles. The van der Waals surface area contributed by atoms with Crippen molar-refractivity contribution in [1.29, 1.82) is 0 Å². The minimum absolute atomic E-state index is 0.0460. The predicted molar refractivity (Wildman–Crippen MR) is 117 cm³/mol. The number of rotatable bonds is 7. The van der Waals surface area contributed by atoms with Crippen LogP contribution >= 0.6 is 11.5 Å². The lowest BCUT2D eigenvalue weighted by atomic mass is 10.2. The van der Waals surface area contributed by atoms with E-state index in [9.17, 15) is 22.8 Å². The van der Waals surface area contributed by atoms with E-state index in [4.69, 9.17) is 9.47 Å². The summed E-state index contributed by atoms with van der Waals surface area (Å²) in [5.41, 5.74) is -2.01. The summed E-state index contributed by atoms with van der Waals surface area (Å²) >= 11 is 1.03. The van der Waals surface area contributed by atoms with E-state index in [1.807, 2.05) is 0 Å². The van der Waals surface area contributed by atoms with Crippen LogP contribution in [0.15, 0.2) is 48.8 Å². The molecule has 2 aromatic heterocycles. The third kappa shape index (κ3) is 4.81. The van der Waals surface area contributed by atoms with Gasteiger partial charge in [0.25, 0.3) is 11.8 Å². The topological polar surface area (TPSA) is 93.7 Å². The van der Waals surface area contributed by atoms with Crippen LogP contribution in [0.2, 0.25) is 0 Å². The normalized spacial score (nSPS) is 14.3. The Morgan fingerprint density at radius 2 is 1.88 bits per heavy atom. The first-order chi connectivity index (χ1) is 16.1. The molecule has 1 fully saturated rings. The Balaban J connectivity index is 1.47. The van der Waals surface area contributed by atoms with E-state index in [2.05, 4.69) is 14.7 Å². The standard InChI is InChI=1S/C22H19F3N4O4S/c1-29(20(31)21(8-9-21)28-19(30)17-7-10-27-34-17)18-6-4-14(12-26-18)33-16-5-3-13(32-2)11-15(16)22(23,24)25/h3-7,10-12H,8-9H2,1-2H3,(H,28,30). The Bertz CT molecular complexity index is 1200. The number of nitrogens with zero attached hydrogens (tertiary/aromatic N) is 3. The third-order valence-corrected chi connectivity index (χ3v) is 6.01. The molecule has 12 heteroatoms. The molecule has 1 aromatic carbocycles. The minimum Gasteiger partial charge on any atom is -0.497 e. The van der Waals surface area contributed by atoms with E-state index in [1.54, 1.807) is 6.07 Å². The summed E-state index contributed by atoms with van der Waals surface area (Å²) in [6.07, 6.45) is -0.950. The Morgan fingerprint density at radius 3 is 2.44 bits per heavy atom. The maximum Gasteiger partial charge on any atom is 0.420 e. The van der Waals surface area contributed by atoms with Crippen molar-refractivity contribution in [1.82, 2.24) is 14.7 Å². The number of aromatic nitrogens is 2. The number of likely N-dealkylation sites (N-methyl/N-ethyl adjacent to an activating group) is 1. The molecule has 0 radical (unpaired) electrons. The van der Waals surface area contributed by atoms with Crippen LogP contribution in [0, 0.1) is 0 Å². The van der Waals surface area contributed by atoms with Gasteiger partial charge < -0.3 is 14.8 Å². The number of benzene rings is 1. The van der Waals surface area contributed by atoms with Crippen molar-refractivity contribution in [2.75, 3.05) is 19.1 Å². The van der Waals surface area contributed by atoms with E-state index in [-0.39, 0.29) is 29.1 Å². The largest absolute Gasteiger partial charge is 0.497 e. The Hall–Kier alpha value is -3.67. The minimum atomic E-state index is -4.65. The van der Waals surface area contributed by atoms with Crippen molar-refractivity contribution in [3.63, 3.8) is 0 Å². The van der Waals surface area contributed by atoms with Gasteiger partial charge in [-0.25, -0.2) is 9.36 Å². The van der Waals surface area contributed by atoms with E-state index < -0.39 is 23.0 Å². The molecule has 0 unspecified atom stereocenters. The van der Waals surface area contributed by atoms with E-state index >= 15 is 0 Å².